The molecule has 29 heavy (non-hydrogen) atoms. The lowest BCUT2D eigenvalue weighted by Crippen LogP contribution is -2.26. The van der Waals surface area contributed by atoms with Crippen molar-refractivity contribution in [2.45, 2.75) is 33.4 Å². The van der Waals surface area contributed by atoms with Gasteiger partial charge in [-0.15, -0.1) is 11.3 Å². The number of rotatable bonds is 7. The predicted octanol–water partition coefficient (Wildman–Crippen LogP) is 4.98. The standard InChI is InChI=1S/C22H23FN2O3S/c1-13-5-10-19(27-4)18(11-13)14(2)25-22(26)21-15(3)24-20(29-21)12-28-17-8-6-16(23)7-9-17/h5-11,14H,12H2,1-4H3,(H,25,26). The Kier molecular flexibility index (Phi) is 6.49. The molecule has 0 aliphatic heterocycles. The molecule has 1 N–H and O–H groups in total. The van der Waals surface area contributed by atoms with Gasteiger partial charge in [-0.2, -0.15) is 0 Å². The minimum atomic E-state index is -0.319. The number of amides is 1. The van der Waals surface area contributed by atoms with Crippen molar-refractivity contribution in [2.24, 2.45) is 0 Å². The zero-order chi connectivity index (χ0) is 21.0. The smallest absolute Gasteiger partial charge is 0.263 e. The Hall–Kier alpha value is -2.93. The number of benzene rings is 2. The Balaban J connectivity index is 1.68. The van der Waals surface area contributed by atoms with E-state index in [2.05, 4.69) is 10.3 Å². The Morgan fingerprint density at radius 2 is 1.93 bits per heavy atom. The van der Waals surface area contributed by atoms with Crippen molar-refractivity contribution in [2.75, 3.05) is 7.11 Å². The highest BCUT2D eigenvalue weighted by molar-refractivity contribution is 7.13. The molecule has 2 aromatic carbocycles. The lowest BCUT2D eigenvalue weighted by atomic mass is 10.0. The molecular weight excluding hydrogens is 391 g/mol. The first-order valence-corrected chi connectivity index (χ1v) is 9.99. The summed E-state index contributed by atoms with van der Waals surface area (Å²) in [6, 6.07) is 11.4. The summed E-state index contributed by atoms with van der Waals surface area (Å²) >= 11 is 1.29. The summed E-state index contributed by atoms with van der Waals surface area (Å²) in [4.78, 5) is 17.8. The zero-order valence-electron chi connectivity index (χ0n) is 16.8. The van der Waals surface area contributed by atoms with Crippen LogP contribution in [0.3, 0.4) is 0 Å². The van der Waals surface area contributed by atoms with Crippen molar-refractivity contribution in [1.82, 2.24) is 10.3 Å². The topological polar surface area (TPSA) is 60.5 Å². The number of methoxy groups -OCH3 is 1. The van der Waals surface area contributed by atoms with Gasteiger partial charge in [0.1, 0.15) is 33.8 Å². The Morgan fingerprint density at radius 3 is 2.62 bits per heavy atom. The van der Waals surface area contributed by atoms with Crippen LogP contribution < -0.4 is 14.8 Å². The molecule has 3 rings (SSSR count). The third-order valence-electron chi connectivity index (χ3n) is 4.42. The Morgan fingerprint density at radius 1 is 1.21 bits per heavy atom. The van der Waals surface area contributed by atoms with Crippen LogP contribution >= 0.6 is 11.3 Å². The minimum Gasteiger partial charge on any atom is -0.496 e. The molecular formula is C22H23FN2O3S. The van der Waals surface area contributed by atoms with Crippen LogP contribution in [0.25, 0.3) is 0 Å². The van der Waals surface area contributed by atoms with Gasteiger partial charge in [0.2, 0.25) is 0 Å². The van der Waals surface area contributed by atoms with E-state index in [-0.39, 0.29) is 24.4 Å². The lowest BCUT2D eigenvalue weighted by molar-refractivity contribution is 0.0943. The molecule has 0 aliphatic carbocycles. The molecule has 1 unspecified atom stereocenters. The average Bonchev–Trinajstić information content (AvgIpc) is 3.08. The normalized spacial score (nSPS) is 11.8. The van der Waals surface area contributed by atoms with Crippen LogP contribution in [0.4, 0.5) is 4.39 Å². The molecule has 0 spiro atoms. The molecule has 1 amide bonds. The number of hydrogen-bond donors (Lipinski definition) is 1. The van der Waals surface area contributed by atoms with Gasteiger partial charge in [0.05, 0.1) is 18.8 Å². The summed E-state index contributed by atoms with van der Waals surface area (Å²) in [6.07, 6.45) is 0. The second-order valence-corrected chi connectivity index (χ2v) is 7.79. The lowest BCUT2D eigenvalue weighted by Gasteiger charge is -2.17. The van der Waals surface area contributed by atoms with Crippen LogP contribution in [0.5, 0.6) is 11.5 Å². The van der Waals surface area contributed by atoms with E-state index >= 15 is 0 Å². The van der Waals surface area contributed by atoms with Crippen LogP contribution in [-0.4, -0.2) is 18.0 Å². The molecule has 152 valence electrons. The third-order valence-corrected chi connectivity index (χ3v) is 5.55. The number of thiazole rings is 1. The highest BCUT2D eigenvalue weighted by atomic mass is 32.1. The molecule has 0 bridgehead atoms. The first kappa shape index (κ1) is 20.8. The number of nitrogens with zero attached hydrogens (tertiary/aromatic N) is 1. The summed E-state index contributed by atoms with van der Waals surface area (Å²) in [5.74, 6) is 0.771. The number of ether oxygens (including phenoxy) is 2. The summed E-state index contributed by atoms with van der Waals surface area (Å²) in [5.41, 5.74) is 2.66. The van der Waals surface area contributed by atoms with Gasteiger partial charge in [-0.05, 0) is 51.1 Å². The third kappa shape index (κ3) is 5.12. The molecule has 3 aromatic rings. The van der Waals surface area contributed by atoms with E-state index in [1.54, 1.807) is 26.2 Å². The Bertz CT molecular complexity index is 1000. The summed E-state index contributed by atoms with van der Waals surface area (Å²) in [7, 11) is 1.61. The fourth-order valence-corrected chi connectivity index (χ4v) is 3.81. The van der Waals surface area contributed by atoms with Crippen LogP contribution in [0.15, 0.2) is 42.5 Å². The molecule has 7 heteroatoms. The summed E-state index contributed by atoms with van der Waals surface area (Å²) < 4.78 is 24.0. The van der Waals surface area contributed by atoms with Gasteiger partial charge in [-0.25, -0.2) is 9.37 Å². The molecule has 0 aliphatic rings. The van der Waals surface area contributed by atoms with E-state index in [1.165, 1.54) is 23.5 Å². The fourth-order valence-electron chi connectivity index (χ4n) is 2.93. The van der Waals surface area contributed by atoms with E-state index in [0.29, 0.717) is 21.3 Å². The van der Waals surface area contributed by atoms with Crippen LogP contribution in [0.2, 0.25) is 0 Å². The van der Waals surface area contributed by atoms with E-state index in [9.17, 15) is 9.18 Å². The number of carbonyl (C=O) groups excluding carboxylic acids is 1. The second-order valence-electron chi connectivity index (χ2n) is 6.71. The van der Waals surface area contributed by atoms with Gasteiger partial charge >= 0.3 is 0 Å². The van der Waals surface area contributed by atoms with E-state index < -0.39 is 0 Å². The minimum absolute atomic E-state index is 0.191. The second kappa shape index (κ2) is 9.05. The van der Waals surface area contributed by atoms with E-state index in [1.807, 2.05) is 32.0 Å². The van der Waals surface area contributed by atoms with Gasteiger partial charge in [-0.3, -0.25) is 4.79 Å². The molecule has 1 atom stereocenters. The molecule has 1 heterocycles. The fraction of sp³-hybridized carbons (Fsp3) is 0.273. The van der Waals surface area contributed by atoms with Crippen molar-refractivity contribution in [1.29, 1.82) is 0 Å². The van der Waals surface area contributed by atoms with Crippen LogP contribution in [-0.2, 0) is 6.61 Å². The first-order chi connectivity index (χ1) is 13.9. The molecule has 5 nitrogen and oxygen atoms in total. The van der Waals surface area contributed by atoms with Gasteiger partial charge < -0.3 is 14.8 Å². The summed E-state index contributed by atoms with van der Waals surface area (Å²) in [6.45, 7) is 5.93. The molecule has 0 saturated carbocycles. The maximum absolute atomic E-state index is 13.0. The highest BCUT2D eigenvalue weighted by Gasteiger charge is 2.20. The number of carbonyl (C=O) groups is 1. The van der Waals surface area contributed by atoms with Crippen LogP contribution in [0.1, 0.15) is 44.5 Å². The Labute approximate surface area is 173 Å². The number of aromatic nitrogens is 1. The van der Waals surface area contributed by atoms with Gasteiger partial charge in [0.25, 0.3) is 5.91 Å². The molecule has 0 radical (unpaired) electrons. The van der Waals surface area contributed by atoms with Crippen molar-refractivity contribution in [3.63, 3.8) is 0 Å². The largest absolute Gasteiger partial charge is 0.496 e. The van der Waals surface area contributed by atoms with Gasteiger partial charge in [0, 0.05) is 5.56 Å². The monoisotopic (exact) mass is 414 g/mol. The van der Waals surface area contributed by atoms with Crippen molar-refractivity contribution in [3.05, 3.63) is 75.0 Å². The highest BCUT2D eigenvalue weighted by Crippen LogP contribution is 2.27. The maximum atomic E-state index is 13.0. The van der Waals surface area contributed by atoms with Crippen LogP contribution in [0, 0.1) is 19.7 Å². The first-order valence-electron chi connectivity index (χ1n) is 9.17. The van der Waals surface area contributed by atoms with Crippen molar-refractivity contribution >= 4 is 17.2 Å². The van der Waals surface area contributed by atoms with Gasteiger partial charge in [-0.1, -0.05) is 17.7 Å². The molecule has 0 saturated heterocycles. The maximum Gasteiger partial charge on any atom is 0.263 e. The number of aryl methyl sites for hydroxylation is 2. The van der Waals surface area contributed by atoms with E-state index in [4.69, 9.17) is 9.47 Å². The average molecular weight is 415 g/mol. The SMILES string of the molecule is COc1ccc(C)cc1C(C)NC(=O)c1sc(COc2ccc(F)cc2)nc1C. The molecule has 0 fully saturated rings. The number of hydrogen-bond acceptors (Lipinski definition) is 5. The predicted molar refractivity (Wildman–Crippen MR) is 111 cm³/mol. The quantitative estimate of drug-likeness (QED) is 0.592. The molecule has 1 aromatic heterocycles. The van der Waals surface area contributed by atoms with E-state index in [0.717, 1.165) is 16.9 Å². The zero-order valence-corrected chi connectivity index (χ0v) is 17.6. The van der Waals surface area contributed by atoms with Crippen molar-refractivity contribution in [3.8, 4) is 11.5 Å². The van der Waals surface area contributed by atoms with Crippen molar-refractivity contribution < 1.29 is 18.7 Å². The van der Waals surface area contributed by atoms with Gasteiger partial charge in [0.15, 0.2) is 0 Å². The number of nitrogens with one attached hydrogen (secondary N) is 1. The summed E-state index contributed by atoms with van der Waals surface area (Å²) in [5, 5.41) is 3.70. The number of halogens is 1.